The third-order valence-electron chi connectivity index (χ3n) is 3.16. The number of ether oxygens (including phenoxy) is 1. The van der Waals surface area contributed by atoms with Gasteiger partial charge in [0.1, 0.15) is 11.4 Å². The lowest BCUT2D eigenvalue weighted by molar-refractivity contribution is 0.101. The lowest BCUT2D eigenvalue weighted by Gasteiger charge is -2.12. The van der Waals surface area contributed by atoms with Crippen molar-refractivity contribution in [2.24, 2.45) is 0 Å². The van der Waals surface area contributed by atoms with Crippen LogP contribution in [0.2, 0.25) is 0 Å². The maximum Gasteiger partial charge on any atom is 0.272 e. The molecular weight excluding hydrogens is 332 g/mol. The van der Waals surface area contributed by atoms with Gasteiger partial charge in [0.25, 0.3) is 5.91 Å². The number of benzene rings is 1. The molecule has 0 bridgehead atoms. The van der Waals surface area contributed by atoms with Gasteiger partial charge in [-0.3, -0.25) is 4.79 Å². The van der Waals surface area contributed by atoms with Crippen molar-refractivity contribution in [2.45, 2.75) is 26.8 Å². The molecule has 1 aromatic carbocycles. The number of carbonyl (C=O) groups excluding carboxylic acids is 1. The first-order valence-electron chi connectivity index (χ1n) is 6.86. The highest BCUT2D eigenvalue weighted by Gasteiger charge is 2.15. The summed E-state index contributed by atoms with van der Waals surface area (Å²) in [5.74, 6) is 0.514. The summed E-state index contributed by atoms with van der Waals surface area (Å²) in [7, 11) is 1.59. The molecule has 4 nitrogen and oxygen atoms in total. The third kappa shape index (κ3) is 3.67. The average Bonchev–Trinajstić information content (AvgIpc) is 2.80. The predicted octanol–water partition coefficient (Wildman–Crippen LogP) is 4.23. The Balaban J connectivity index is 2.28. The molecule has 5 heteroatoms. The summed E-state index contributed by atoms with van der Waals surface area (Å²) in [6, 6.07) is 7.53. The second kappa shape index (κ2) is 6.80. The van der Waals surface area contributed by atoms with E-state index in [1.807, 2.05) is 42.0 Å². The number of halogens is 1. The van der Waals surface area contributed by atoms with Gasteiger partial charge in [0.2, 0.25) is 0 Å². The molecule has 21 heavy (non-hydrogen) atoms. The van der Waals surface area contributed by atoms with Crippen molar-refractivity contribution in [1.82, 2.24) is 4.57 Å². The van der Waals surface area contributed by atoms with Crippen LogP contribution in [-0.4, -0.2) is 17.6 Å². The molecule has 0 saturated carbocycles. The van der Waals surface area contributed by atoms with Crippen LogP contribution in [0.3, 0.4) is 0 Å². The number of hydrogen-bond acceptors (Lipinski definition) is 2. The Morgan fingerprint density at radius 1 is 1.38 bits per heavy atom. The predicted molar refractivity (Wildman–Crippen MR) is 88.1 cm³/mol. The maximum absolute atomic E-state index is 12.5. The fourth-order valence-electron chi connectivity index (χ4n) is 2.20. The molecule has 0 radical (unpaired) electrons. The van der Waals surface area contributed by atoms with E-state index in [1.54, 1.807) is 7.11 Å². The van der Waals surface area contributed by atoms with E-state index in [4.69, 9.17) is 4.74 Å². The number of rotatable bonds is 5. The number of hydrogen-bond donors (Lipinski definition) is 1. The molecule has 0 atom stereocenters. The molecule has 0 aliphatic heterocycles. The van der Waals surface area contributed by atoms with E-state index in [0.29, 0.717) is 17.1 Å². The summed E-state index contributed by atoms with van der Waals surface area (Å²) in [5, 5.41) is 2.93. The highest BCUT2D eigenvalue weighted by Crippen LogP contribution is 2.26. The van der Waals surface area contributed by atoms with E-state index in [2.05, 4.69) is 28.2 Å². The van der Waals surface area contributed by atoms with Gasteiger partial charge in [-0.2, -0.15) is 0 Å². The average molecular weight is 351 g/mol. The van der Waals surface area contributed by atoms with Gasteiger partial charge < -0.3 is 14.6 Å². The zero-order valence-corrected chi connectivity index (χ0v) is 14.0. The van der Waals surface area contributed by atoms with E-state index in [9.17, 15) is 4.79 Å². The van der Waals surface area contributed by atoms with Crippen LogP contribution >= 0.6 is 15.9 Å². The minimum absolute atomic E-state index is 0.141. The zero-order valence-electron chi connectivity index (χ0n) is 12.4. The molecule has 1 N–H and O–H groups in total. The van der Waals surface area contributed by atoms with E-state index in [1.165, 1.54) is 0 Å². The molecule has 0 aliphatic carbocycles. The molecule has 0 saturated heterocycles. The van der Waals surface area contributed by atoms with Crippen LogP contribution < -0.4 is 10.1 Å². The van der Waals surface area contributed by atoms with E-state index < -0.39 is 0 Å². The minimum atomic E-state index is -0.141. The molecule has 0 aliphatic rings. The van der Waals surface area contributed by atoms with Gasteiger partial charge in [-0.05, 0) is 53.0 Å². The summed E-state index contributed by atoms with van der Waals surface area (Å²) in [6.07, 6.45) is 2.89. The van der Waals surface area contributed by atoms with Crippen molar-refractivity contribution in [3.63, 3.8) is 0 Å². The maximum atomic E-state index is 12.5. The Bertz CT molecular complexity index is 650. The Kier molecular flexibility index (Phi) is 5.07. The minimum Gasteiger partial charge on any atom is -0.495 e. The molecule has 2 rings (SSSR count). The molecule has 0 spiro atoms. The Labute approximate surface area is 133 Å². The summed E-state index contributed by atoms with van der Waals surface area (Å²) in [4.78, 5) is 12.5. The van der Waals surface area contributed by atoms with Gasteiger partial charge in [0.15, 0.2) is 0 Å². The standard InChI is InChI=1S/C16H19BrN2O2/c1-4-7-19-10-12(17)9-14(19)16(20)18-13-8-11(2)5-6-15(13)21-3/h5-6,8-10H,4,7H2,1-3H3,(H,18,20). The van der Waals surface area contributed by atoms with Crippen molar-refractivity contribution in [3.8, 4) is 5.75 Å². The number of amides is 1. The van der Waals surface area contributed by atoms with Crippen molar-refractivity contribution in [3.05, 3.63) is 46.2 Å². The monoisotopic (exact) mass is 350 g/mol. The first-order valence-corrected chi connectivity index (χ1v) is 7.66. The second-order valence-electron chi connectivity index (χ2n) is 4.89. The molecule has 1 amide bonds. The molecule has 0 unspecified atom stereocenters. The molecule has 112 valence electrons. The Morgan fingerprint density at radius 2 is 2.14 bits per heavy atom. The van der Waals surface area contributed by atoms with E-state index >= 15 is 0 Å². The summed E-state index contributed by atoms with van der Waals surface area (Å²) >= 11 is 3.42. The highest BCUT2D eigenvalue weighted by atomic mass is 79.9. The molecule has 0 fully saturated rings. The van der Waals surface area contributed by atoms with Crippen molar-refractivity contribution >= 4 is 27.5 Å². The number of anilines is 1. The number of nitrogens with zero attached hydrogens (tertiary/aromatic N) is 1. The van der Waals surface area contributed by atoms with Crippen LogP contribution in [-0.2, 0) is 6.54 Å². The first-order chi connectivity index (χ1) is 10.0. The number of nitrogens with one attached hydrogen (secondary N) is 1. The molecule has 1 aromatic heterocycles. The third-order valence-corrected chi connectivity index (χ3v) is 3.60. The lowest BCUT2D eigenvalue weighted by atomic mass is 10.2. The largest absolute Gasteiger partial charge is 0.495 e. The quantitative estimate of drug-likeness (QED) is 0.876. The number of aromatic nitrogens is 1. The smallest absolute Gasteiger partial charge is 0.272 e. The van der Waals surface area contributed by atoms with Crippen LogP contribution in [0.5, 0.6) is 5.75 Å². The molecular formula is C16H19BrN2O2. The van der Waals surface area contributed by atoms with Crippen molar-refractivity contribution in [2.75, 3.05) is 12.4 Å². The SMILES string of the molecule is CCCn1cc(Br)cc1C(=O)Nc1cc(C)ccc1OC. The Hall–Kier alpha value is -1.75. The van der Waals surface area contributed by atoms with Crippen molar-refractivity contribution < 1.29 is 9.53 Å². The fourth-order valence-corrected chi connectivity index (χ4v) is 2.66. The van der Waals surface area contributed by atoms with E-state index in [0.717, 1.165) is 23.0 Å². The number of methoxy groups -OCH3 is 1. The van der Waals surface area contributed by atoms with Gasteiger partial charge >= 0.3 is 0 Å². The van der Waals surface area contributed by atoms with Crippen LogP contribution in [0.4, 0.5) is 5.69 Å². The lowest BCUT2D eigenvalue weighted by Crippen LogP contribution is -2.17. The van der Waals surface area contributed by atoms with Gasteiger partial charge in [-0.15, -0.1) is 0 Å². The Morgan fingerprint density at radius 3 is 2.81 bits per heavy atom. The van der Waals surface area contributed by atoms with Gasteiger partial charge in [0, 0.05) is 17.2 Å². The normalized spacial score (nSPS) is 10.5. The topological polar surface area (TPSA) is 43.3 Å². The number of carbonyl (C=O) groups is 1. The summed E-state index contributed by atoms with van der Waals surface area (Å²) in [6.45, 7) is 4.87. The van der Waals surface area contributed by atoms with Gasteiger partial charge in [-0.25, -0.2) is 0 Å². The van der Waals surface area contributed by atoms with Crippen molar-refractivity contribution in [1.29, 1.82) is 0 Å². The van der Waals surface area contributed by atoms with Crippen LogP contribution in [0.15, 0.2) is 34.9 Å². The highest BCUT2D eigenvalue weighted by molar-refractivity contribution is 9.10. The zero-order chi connectivity index (χ0) is 15.4. The van der Waals surface area contributed by atoms with Gasteiger partial charge in [0.05, 0.1) is 12.8 Å². The van der Waals surface area contributed by atoms with Crippen LogP contribution in [0, 0.1) is 6.92 Å². The second-order valence-corrected chi connectivity index (χ2v) is 5.81. The first kappa shape index (κ1) is 15.6. The summed E-state index contributed by atoms with van der Waals surface area (Å²) in [5.41, 5.74) is 2.38. The number of aryl methyl sites for hydroxylation is 2. The summed E-state index contributed by atoms with van der Waals surface area (Å²) < 4.78 is 8.14. The fraction of sp³-hybridized carbons (Fsp3) is 0.312. The van der Waals surface area contributed by atoms with Crippen LogP contribution in [0.25, 0.3) is 0 Å². The molecule has 1 heterocycles. The molecule has 2 aromatic rings. The van der Waals surface area contributed by atoms with Crippen LogP contribution in [0.1, 0.15) is 29.4 Å². The van der Waals surface area contributed by atoms with Gasteiger partial charge in [-0.1, -0.05) is 13.0 Å². The van der Waals surface area contributed by atoms with E-state index in [-0.39, 0.29) is 5.91 Å².